The van der Waals surface area contributed by atoms with Crippen LogP contribution in [-0.4, -0.2) is 27.4 Å². The van der Waals surface area contributed by atoms with Crippen molar-refractivity contribution in [1.29, 1.82) is 0 Å². The monoisotopic (exact) mass is 1760 g/mol. The third-order valence-corrected chi connectivity index (χ3v) is 27.7. The molecule has 28 aromatic rings. The minimum absolute atomic E-state index is 1.11. The van der Waals surface area contributed by atoms with Crippen molar-refractivity contribution < 1.29 is 0 Å². The molecular weight excluding hydrogens is 1670 g/mol. The molecule has 22 aromatic carbocycles. The first-order chi connectivity index (χ1) is 68.5. The lowest BCUT2D eigenvalue weighted by atomic mass is 10.1. The van der Waals surface area contributed by atoms with Crippen LogP contribution in [0.4, 0.5) is 34.1 Å². The molecule has 0 aliphatic carbocycles. The fourth-order valence-electron chi connectivity index (χ4n) is 21.7. The van der Waals surface area contributed by atoms with E-state index in [4.69, 9.17) is 0 Å². The minimum atomic E-state index is 1.11. The fraction of sp³-hybridized carbons (Fsp3) is 0. The van der Waals surface area contributed by atoms with E-state index < -0.39 is 0 Å². The molecule has 648 valence electrons. The molecule has 28 rings (SSSR count). The van der Waals surface area contributed by atoms with Crippen LogP contribution in [0.15, 0.2) is 534 Å². The van der Waals surface area contributed by atoms with Gasteiger partial charge in [-0.2, -0.15) is 0 Å². The molecule has 0 bridgehead atoms. The molecule has 0 aliphatic rings. The lowest BCUT2D eigenvalue weighted by Gasteiger charge is -2.25. The predicted molar refractivity (Wildman–Crippen MR) is 583 cm³/mol. The van der Waals surface area contributed by atoms with Gasteiger partial charge in [-0.05, 0) is 251 Å². The number of fused-ring (bicyclic) bond motifs is 22. The van der Waals surface area contributed by atoms with Gasteiger partial charge in [0.2, 0.25) is 0 Å². The summed E-state index contributed by atoms with van der Waals surface area (Å²) in [6.07, 6.45) is 0. The zero-order chi connectivity index (χ0) is 91.1. The van der Waals surface area contributed by atoms with Crippen molar-refractivity contribution in [3.8, 4) is 56.4 Å². The van der Waals surface area contributed by atoms with Crippen LogP contribution in [0, 0.1) is 0 Å². The second-order valence-electron chi connectivity index (χ2n) is 35.4. The number of rotatable bonds is 14. The molecule has 0 spiro atoms. The predicted octanol–water partition coefficient (Wildman–Crippen LogP) is 35.1. The number of hydrogen-bond acceptors (Lipinski definition) is 2. The number of para-hydroxylation sites is 11. The SMILES string of the molecule is c1ccc(-c2ccc(-n3c4ccccc4c4c5c6ccccc6n(-c6ccc(N(c7ccccc7)c7ccccc7)cc6)c5ccc43)cc2)cc1.c1ccc(-c2ccc(-n3c4ccccc4c4c5c6ccccc6n(-c6ccc7ccccc7c6)c5ccc43)cc2)cc1.c1ccc(N(c2ccccc2)c2ccc(-n3c4ccccc4c4c5c6ccccc6n(-c6ccccc6)c5ccc43)cc2)cc1. The molecule has 0 amide bonds. The van der Waals surface area contributed by atoms with Gasteiger partial charge in [-0.3, -0.25) is 0 Å². The van der Waals surface area contributed by atoms with Crippen LogP contribution in [0.25, 0.3) is 198 Å². The van der Waals surface area contributed by atoms with E-state index in [1.807, 2.05) is 0 Å². The molecule has 0 saturated carbocycles. The molecule has 138 heavy (non-hydrogen) atoms. The summed E-state index contributed by atoms with van der Waals surface area (Å²) in [5.74, 6) is 0. The fourth-order valence-corrected chi connectivity index (χ4v) is 21.7. The maximum absolute atomic E-state index is 2.43. The van der Waals surface area contributed by atoms with Gasteiger partial charge in [-0.1, -0.05) is 315 Å². The van der Waals surface area contributed by atoms with Crippen molar-refractivity contribution in [3.05, 3.63) is 534 Å². The van der Waals surface area contributed by atoms with E-state index >= 15 is 0 Å². The lowest BCUT2D eigenvalue weighted by Crippen LogP contribution is -2.09. The van der Waals surface area contributed by atoms with Crippen molar-refractivity contribution in [3.63, 3.8) is 0 Å². The van der Waals surface area contributed by atoms with Gasteiger partial charge in [-0.15, -0.1) is 0 Å². The van der Waals surface area contributed by atoms with Crippen LogP contribution in [0.5, 0.6) is 0 Å². The van der Waals surface area contributed by atoms with Crippen LogP contribution in [0.1, 0.15) is 0 Å². The topological polar surface area (TPSA) is 36.1 Å². The summed E-state index contributed by atoms with van der Waals surface area (Å²) in [5.41, 5.74) is 33.1. The van der Waals surface area contributed by atoms with Crippen LogP contribution < -0.4 is 9.80 Å². The van der Waals surface area contributed by atoms with E-state index in [1.54, 1.807) is 0 Å². The molecule has 0 saturated heterocycles. The molecular formula is C130H88N8. The van der Waals surface area contributed by atoms with Gasteiger partial charge >= 0.3 is 0 Å². The van der Waals surface area contributed by atoms with Gasteiger partial charge in [0.1, 0.15) is 0 Å². The van der Waals surface area contributed by atoms with Gasteiger partial charge in [0.05, 0.1) is 66.2 Å². The van der Waals surface area contributed by atoms with E-state index in [1.165, 1.54) is 181 Å². The highest BCUT2D eigenvalue weighted by molar-refractivity contribution is 6.32. The molecule has 0 atom stereocenters. The quantitative estimate of drug-likeness (QED) is 0.109. The zero-order valence-corrected chi connectivity index (χ0v) is 75.4. The average molecular weight is 1760 g/mol. The molecule has 0 unspecified atom stereocenters. The Morgan fingerprint density at radius 3 is 0.580 bits per heavy atom. The van der Waals surface area contributed by atoms with E-state index in [2.05, 4.69) is 571 Å². The first kappa shape index (κ1) is 80.4. The molecule has 6 aromatic heterocycles. The van der Waals surface area contributed by atoms with Crippen molar-refractivity contribution in [2.75, 3.05) is 9.80 Å². The number of aromatic nitrogens is 6. The number of anilines is 6. The molecule has 8 nitrogen and oxygen atoms in total. The van der Waals surface area contributed by atoms with Gasteiger partial charge in [0, 0.05) is 133 Å². The molecule has 8 heteroatoms. The number of hydrogen-bond donors (Lipinski definition) is 0. The number of benzene rings is 22. The summed E-state index contributed by atoms with van der Waals surface area (Å²) in [6.45, 7) is 0. The summed E-state index contributed by atoms with van der Waals surface area (Å²) in [4.78, 5) is 4.61. The summed E-state index contributed by atoms with van der Waals surface area (Å²) < 4.78 is 14.5. The first-order valence-electron chi connectivity index (χ1n) is 47.3. The van der Waals surface area contributed by atoms with E-state index in [0.717, 1.165) is 51.2 Å². The standard InChI is InChI=1S/C48H33N3.C42H29N3.C40H26N2/c1-4-14-34(15-5-1)35-24-26-39(27-25-35)50-43-22-12-10-20-41(43)47-45(50)32-33-46-48(47)42-21-11-13-23-44(42)51(46)40-30-28-38(29-31-40)49(36-16-6-2-7-17-36)37-18-8-3-9-19-37;1-4-14-30(15-5-1)43(31-16-6-2-7-17-31)33-24-26-34(27-25-33)45-38-23-13-11-21-36(38)42-40(45)29-28-39-41(42)35-20-10-12-22-37(35)44(39)32-18-8-3-9-19-32;1-2-10-27(11-3-1)29-18-21-31(22-19-29)41-35-16-8-6-14-33(35)39-37(41)24-25-38-40(39)34-15-7-9-17-36(34)42(38)32-23-20-28-12-4-5-13-30(28)26-32/h1-33H;1-29H;1-26H. The third-order valence-electron chi connectivity index (χ3n) is 27.7. The minimum Gasteiger partial charge on any atom is -0.311 e. The Kier molecular flexibility index (Phi) is 19.8. The van der Waals surface area contributed by atoms with Crippen LogP contribution in [0.3, 0.4) is 0 Å². The van der Waals surface area contributed by atoms with E-state index in [-0.39, 0.29) is 0 Å². The van der Waals surface area contributed by atoms with E-state index in [0.29, 0.717) is 0 Å². The normalized spacial score (nSPS) is 11.6. The van der Waals surface area contributed by atoms with Crippen LogP contribution in [-0.2, 0) is 0 Å². The smallest absolute Gasteiger partial charge is 0.0548 e. The summed E-state index contributed by atoms with van der Waals surface area (Å²) in [6, 6.07) is 192. The Hall–Kier alpha value is -18.5. The average Bonchev–Trinajstić information content (AvgIpc) is 1.53. The molecule has 6 heterocycles. The van der Waals surface area contributed by atoms with Crippen molar-refractivity contribution in [2.45, 2.75) is 0 Å². The Morgan fingerprint density at radius 1 is 0.116 bits per heavy atom. The highest BCUT2D eigenvalue weighted by Gasteiger charge is 2.27. The highest BCUT2D eigenvalue weighted by atomic mass is 15.2. The zero-order valence-electron chi connectivity index (χ0n) is 75.4. The second-order valence-corrected chi connectivity index (χ2v) is 35.4. The first-order valence-corrected chi connectivity index (χ1v) is 47.3. The van der Waals surface area contributed by atoms with Crippen molar-refractivity contribution in [2.24, 2.45) is 0 Å². The molecule has 0 fully saturated rings. The largest absolute Gasteiger partial charge is 0.311 e. The Labute approximate surface area is 797 Å². The van der Waals surface area contributed by atoms with Crippen molar-refractivity contribution in [1.82, 2.24) is 27.4 Å². The maximum atomic E-state index is 2.43. The molecule has 0 radical (unpaired) electrons. The number of nitrogens with zero attached hydrogens (tertiary/aromatic N) is 8. The highest BCUT2D eigenvalue weighted by Crippen LogP contribution is 2.49. The summed E-state index contributed by atoms with van der Waals surface area (Å²) in [5, 5.41) is 17.8. The lowest BCUT2D eigenvalue weighted by molar-refractivity contribution is 1.17. The molecule has 0 N–H and O–H groups in total. The Balaban J connectivity index is 0.000000107. The third kappa shape index (κ3) is 13.6. The Morgan fingerprint density at radius 2 is 0.304 bits per heavy atom. The van der Waals surface area contributed by atoms with Gasteiger partial charge in [-0.25, -0.2) is 0 Å². The van der Waals surface area contributed by atoms with Gasteiger partial charge < -0.3 is 37.2 Å². The summed E-state index contributed by atoms with van der Waals surface area (Å²) in [7, 11) is 0. The summed E-state index contributed by atoms with van der Waals surface area (Å²) >= 11 is 0. The van der Waals surface area contributed by atoms with Gasteiger partial charge in [0.25, 0.3) is 0 Å². The van der Waals surface area contributed by atoms with Crippen LogP contribution in [0.2, 0.25) is 0 Å². The maximum Gasteiger partial charge on any atom is 0.0548 e. The second kappa shape index (κ2) is 34.0. The van der Waals surface area contributed by atoms with Crippen molar-refractivity contribution >= 4 is 176 Å². The van der Waals surface area contributed by atoms with E-state index in [9.17, 15) is 0 Å². The Bertz CT molecular complexity index is 9370. The van der Waals surface area contributed by atoms with Gasteiger partial charge in [0.15, 0.2) is 0 Å². The van der Waals surface area contributed by atoms with Crippen LogP contribution >= 0.6 is 0 Å². The molecule has 0 aliphatic heterocycles.